The lowest BCUT2D eigenvalue weighted by atomic mass is 10.2. The van der Waals surface area contributed by atoms with Crippen molar-refractivity contribution in [1.82, 2.24) is 15.5 Å². The number of anilines is 1. The van der Waals surface area contributed by atoms with Crippen LogP contribution in [0.1, 0.15) is 31.4 Å². The van der Waals surface area contributed by atoms with E-state index in [1.807, 2.05) is 6.92 Å². The minimum absolute atomic E-state index is 0.159. The zero-order valence-corrected chi connectivity index (χ0v) is 8.84. The molecule has 5 heteroatoms. The van der Waals surface area contributed by atoms with Crippen LogP contribution in [0.5, 0.6) is 0 Å². The number of amides is 2. The molecule has 1 aromatic heterocycles. The van der Waals surface area contributed by atoms with Crippen LogP contribution in [0, 0.1) is 6.92 Å². The highest BCUT2D eigenvalue weighted by Gasteiger charge is 2.17. The number of hydrogen-bond acceptors (Lipinski definition) is 2. The molecule has 1 aromatic rings. The fourth-order valence-corrected chi connectivity index (χ4v) is 1.89. The van der Waals surface area contributed by atoms with E-state index in [1.54, 1.807) is 6.07 Å². The molecular weight excluding hydrogens is 192 g/mol. The summed E-state index contributed by atoms with van der Waals surface area (Å²) in [7, 11) is 0. The van der Waals surface area contributed by atoms with Gasteiger partial charge in [-0.3, -0.25) is 10.4 Å². The molecule has 82 valence electrons. The number of nitrogens with zero attached hydrogens (tertiary/aromatic N) is 1. The molecule has 0 aromatic carbocycles. The zero-order chi connectivity index (χ0) is 10.7. The van der Waals surface area contributed by atoms with Crippen molar-refractivity contribution in [3.05, 3.63) is 11.8 Å². The Morgan fingerprint density at radius 1 is 1.53 bits per heavy atom. The number of aryl methyl sites for hydroxylation is 1. The van der Waals surface area contributed by atoms with E-state index in [9.17, 15) is 4.79 Å². The Labute approximate surface area is 88.6 Å². The Kier molecular flexibility index (Phi) is 2.89. The van der Waals surface area contributed by atoms with Gasteiger partial charge in [0.2, 0.25) is 0 Å². The fourth-order valence-electron chi connectivity index (χ4n) is 1.89. The van der Waals surface area contributed by atoms with E-state index >= 15 is 0 Å². The van der Waals surface area contributed by atoms with Gasteiger partial charge in [0.05, 0.1) is 0 Å². The van der Waals surface area contributed by atoms with Crippen molar-refractivity contribution in [3.8, 4) is 0 Å². The summed E-state index contributed by atoms with van der Waals surface area (Å²) >= 11 is 0. The molecule has 15 heavy (non-hydrogen) atoms. The van der Waals surface area contributed by atoms with Crippen molar-refractivity contribution in [2.45, 2.75) is 38.6 Å². The van der Waals surface area contributed by atoms with E-state index in [2.05, 4.69) is 20.8 Å². The van der Waals surface area contributed by atoms with Gasteiger partial charge in [-0.1, -0.05) is 12.8 Å². The number of H-pyrrole nitrogens is 1. The third kappa shape index (κ3) is 2.71. The normalized spacial score (nSPS) is 16.6. The molecule has 2 amide bonds. The maximum atomic E-state index is 11.5. The van der Waals surface area contributed by atoms with Crippen molar-refractivity contribution in [2.75, 3.05) is 5.32 Å². The minimum atomic E-state index is -0.159. The topological polar surface area (TPSA) is 69.8 Å². The predicted octanol–water partition coefficient (Wildman–Crippen LogP) is 1.78. The average molecular weight is 208 g/mol. The van der Waals surface area contributed by atoms with Crippen LogP contribution in [0.3, 0.4) is 0 Å². The highest BCUT2D eigenvalue weighted by molar-refractivity contribution is 5.88. The van der Waals surface area contributed by atoms with Crippen LogP contribution in [-0.4, -0.2) is 22.3 Å². The molecule has 0 aliphatic heterocycles. The Balaban J connectivity index is 1.81. The predicted molar refractivity (Wildman–Crippen MR) is 57.7 cm³/mol. The maximum absolute atomic E-state index is 11.5. The van der Waals surface area contributed by atoms with Crippen LogP contribution < -0.4 is 10.6 Å². The summed E-state index contributed by atoms with van der Waals surface area (Å²) in [6, 6.07) is 1.98. The number of urea groups is 1. The Bertz CT molecular complexity index is 341. The first-order chi connectivity index (χ1) is 7.24. The Morgan fingerprint density at radius 2 is 2.27 bits per heavy atom. The van der Waals surface area contributed by atoms with E-state index in [4.69, 9.17) is 0 Å². The molecule has 1 aliphatic carbocycles. The van der Waals surface area contributed by atoms with E-state index in [0.717, 1.165) is 18.5 Å². The van der Waals surface area contributed by atoms with Gasteiger partial charge >= 0.3 is 6.03 Å². The minimum Gasteiger partial charge on any atom is -0.335 e. The standard InChI is InChI=1S/C10H16N4O/c1-7-6-9(14-13-7)12-10(15)11-8-4-2-3-5-8/h6,8H,2-5H2,1H3,(H3,11,12,13,14,15). The SMILES string of the molecule is Cc1cc(NC(=O)NC2CCCC2)n[nH]1. The molecule has 0 radical (unpaired) electrons. The first-order valence-corrected chi connectivity index (χ1v) is 5.33. The van der Waals surface area contributed by atoms with Crippen LogP contribution >= 0.6 is 0 Å². The van der Waals surface area contributed by atoms with E-state index < -0.39 is 0 Å². The fraction of sp³-hybridized carbons (Fsp3) is 0.600. The summed E-state index contributed by atoms with van der Waals surface area (Å²) in [6.07, 6.45) is 4.61. The van der Waals surface area contributed by atoms with Gasteiger partial charge in [0.1, 0.15) is 0 Å². The van der Waals surface area contributed by atoms with Crippen LogP contribution in [0.4, 0.5) is 10.6 Å². The molecule has 1 aliphatic rings. The van der Waals surface area contributed by atoms with Crippen molar-refractivity contribution >= 4 is 11.8 Å². The second-order valence-electron chi connectivity index (χ2n) is 4.02. The van der Waals surface area contributed by atoms with Gasteiger partial charge in [-0.25, -0.2) is 4.79 Å². The number of rotatable bonds is 2. The molecule has 0 unspecified atom stereocenters. The van der Waals surface area contributed by atoms with Crippen LogP contribution in [0.15, 0.2) is 6.07 Å². The number of hydrogen-bond donors (Lipinski definition) is 3. The Morgan fingerprint density at radius 3 is 2.87 bits per heavy atom. The van der Waals surface area contributed by atoms with Gasteiger partial charge in [0.25, 0.3) is 0 Å². The highest BCUT2D eigenvalue weighted by Crippen LogP contribution is 2.17. The first-order valence-electron chi connectivity index (χ1n) is 5.33. The molecular formula is C10H16N4O. The molecule has 5 nitrogen and oxygen atoms in total. The van der Waals surface area contributed by atoms with Gasteiger partial charge in [0, 0.05) is 17.8 Å². The summed E-state index contributed by atoms with van der Waals surface area (Å²) in [5.41, 5.74) is 0.936. The lowest BCUT2D eigenvalue weighted by Gasteiger charge is -2.11. The lowest BCUT2D eigenvalue weighted by Crippen LogP contribution is -2.36. The number of carbonyl (C=O) groups is 1. The van der Waals surface area contributed by atoms with E-state index in [-0.39, 0.29) is 6.03 Å². The first kappa shape index (κ1) is 10.0. The second-order valence-corrected chi connectivity index (χ2v) is 4.02. The van der Waals surface area contributed by atoms with Crippen LogP contribution in [-0.2, 0) is 0 Å². The van der Waals surface area contributed by atoms with Crippen molar-refractivity contribution < 1.29 is 4.79 Å². The molecule has 1 fully saturated rings. The maximum Gasteiger partial charge on any atom is 0.320 e. The molecule has 2 rings (SSSR count). The third-order valence-corrected chi connectivity index (χ3v) is 2.64. The molecule has 0 atom stereocenters. The second kappa shape index (κ2) is 4.33. The summed E-state index contributed by atoms with van der Waals surface area (Å²) < 4.78 is 0. The summed E-state index contributed by atoms with van der Waals surface area (Å²) in [5, 5.41) is 12.3. The van der Waals surface area contributed by atoms with Crippen molar-refractivity contribution in [3.63, 3.8) is 0 Å². The average Bonchev–Trinajstić information content (AvgIpc) is 2.77. The van der Waals surface area contributed by atoms with Gasteiger partial charge in [-0.05, 0) is 19.8 Å². The van der Waals surface area contributed by atoms with Gasteiger partial charge in [0.15, 0.2) is 5.82 Å². The molecule has 0 saturated heterocycles. The summed E-state index contributed by atoms with van der Waals surface area (Å²) in [5.74, 6) is 0.572. The van der Waals surface area contributed by atoms with Gasteiger partial charge < -0.3 is 5.32 Å². The van der Waals surface area contributed by atoms with Crippen LogP contribution in [0.2, 0.25) is 0 Å². The van der Waals surface area contributed by atoms with Gasteiger partial charge in [-0.2, -0.15) is 5.10 Å². The van der Waals surface area contributed by atoms with Crippen molar-refractivity contribution in [1.29, 1.82) is 0 Å². The molecule has 1 heterocycles. The quantitative estimate of drug-likeness (QED) is 0.693. The number of aromatic amines is 1. The highest BCUT2D eigenvalue weighted by atomic mass is 16.2. The number of carbonyl (C=O) groups excluding carboxylic acids is 1. The van der Waals surface area contributed by atoms with Crippen molar-refractivity contribution in [2.24, 2.45) is 0 Å². The molecule has 3 N–H and O–H groups in total. The summed E-state index contributed by atoms with van der Waals surface area (Å²) in [4.78, 5) is 11.5. The van der Waals surface area contributed by atoms with E-state index in [1.165, 1.54) is 12.8 Å². The molecule has 0 spiro atoms. The molecule has 1 saturated carbocycles. The van der Waals surface area contributed by atoms with Gasteiger partial charge in [-0.15, -0.1) is 0 Å². The molecule has 0 bridgehead atoms. The van der Waals surface area contributed by atoms with E-state index in [0.29, 0.717) is 11.9 Å². The Hall–Kier alpha value is -1.52. The zero-order valence-electron chi connectivity index (χ0n) is 8.84. The third-order valence-electron chi connectivity index (χ3n) is 2.64. The number of nitrogens with one attached hydrogen (secondary N) is 3. The summed E-state index contributed by atoms with van der Waals surface area (Å²) in [6.45, 7) is 1.90. The monoisotopic (exact) mass is 208 g/mol. The number of aromatic nitrogens is 2. The smallest absolute Gasteiger partial charge is 0.320 e. The largest absolute Gasteiger partial charge is 0.335 e. The lowest BCUT2D eigenvalue weighted by molar-refractivity contribution is 0.248. The van der Waals surface area contributed by atoms with Crippen LogP contribution in [0.25, 0.3) is 0 Å².